The van der Waals surface area contributed by atoms with Gasteiger partial charge in [0.05, 0.1) is 24.5 Å². The lowest BCUT2D eigenvalue weighted by Crippen LogP contribution is -2.32. The van der Waals surface area contributed by atoms with E-state index in [1.807, 2.05) is 19.3 Å². The van der Waals surface area contributed by atoms with Gasteiger partial charge >= 0.3 is 0 Å². The summed E-state index contributed by atoms with van der Waals surface area (Å²) in [4.78, 5) is 12.6. The van der Waals surface area contributed by atoms with Gasteiger partial charge in [0.15, 0.2) is 11.5 Å². The summed E-state index contributed by atoms with van der Waals surface area (Å²) in [5, 5.41) is 9.75. The standard InChI is InChI=1S/C21H26ClN9O4S/c1-12(15-7-6-14(22)10-23-15)13(2)36(32,33)29-21-27-26-18(16-8-9-30(3)28-16)31(21)17-19(34-4)24-11-25-20(17)35-5/h6-13,16,28H,1-5H3,(H,27,29)/t12-,13-,16?/m0/s1. The first-order valence-electron chi connectivity index (χ1n) is 10.8. The number of hydrogen-bond donors (Lipinski definition) is 2. The maximum absolute atomic E-state index is 13.5. The van der Waals surface area contributed by atoms with Gasteiger partial charge in [-0.15, -0.1) is 10.2 Å². The van der Waals surface area contributed by atoms with Crippen LogP contribution in [0.25, 0.3) is 5.69 Å². The number of ether oxygens (including phenoxy) is 2. The number of aromatic nitrogens is 6. The quantitative estimate of drug-likeness (QED) is 0.414. The van der Waals surface area contributed by atoms with Crippen LogP contribution in [0.5, 0.6) is 11.8 Å². The number of methoxy groups -OCH3 is 2. The zero-order valence-corrected chi connectivity index (χ0v) is 21.8. The SMILES string of the molecule is COc1ncnc(OC)c1-n1c(NS(=O)(=O)[C@@H](C)[C@H](C)c2ccc(Cl)cn2)nnc1C1C=CN(C)N1. The van der Waals surface area contributed by atoms with E-state index in [2.05, 4.69) is 35.3 Å². The third-order valence-corrected chi connectivity index (χ3v) is 7.90. The molecule has 3 aromatic rings. The highest BCUT2D eigenvalue weighted by Crippen LogP contribution is 2.35. The molecule has 0 aliphatic carbocycles. The van der Waals surface area contributed by atoms with Crippen LogP contribution in [0, 0.1) is 0 Å². The van der Waals surface area contributed by atoms with E-state index in [0.717, 1.165) is 0 Å². The highest BCUT2D eigenvalue weighted by atomic mass is 35.5. The Bertz CT molecular complexity index is 1340. The summed E-state index contributed by atoms with van der Waals surface area (Å²) < 4.78 is 41.9. The Morgan fingerprint density at radius 1 is 1.11 bits per heavy atom. The third kappa shape index (κ3) is 4.92. The summed E-state index contributed by atoms with van der Waals surface area (Å²) in [5.41, 5.74) is 4.01. The summed E-state index contributed by atoms with van der Waals surface area (Å²) in [6.45, 7) is 3.37. The van der Waals surface area contributed by atoms with Gasteiger partial charge in [0.25, 0.3) is 0 Å². The Hall–Kier alpha value is -3.49. The second-order valence-electron chi connectivity index (χ2n) is 8.06. The van der Waals surface area contributed by atoms with Gasteiger partial charge < -0.3 is 14.5 Å². The van der Waals surface area contributed by atoms with E-state index in [0.29, 0.717) is 16.5 Å². The van der Waals surface area contributed by atoms with Crippen LogP contribution in [-0.4, -0.2) is 69.7 Å². The average Bonchev–Trinajstić information content (AvgIpc) is 3.48. The summed E-state index contributed by atoms with van der Waals surface area (Å²) in [5.74, 6) is 0.118. The van der Waals surface area contributed by atoms with Crippen molar-refractivity contribution >= 4 is 27.6 Å². The monoisotopic (exact) mass is 535 g/mol. The molecule has 3 aromatic heterocycles. The van der Waals surface area contributed by atoms with Gasteiger partial charge in [-0.2, -0.15) is 9.97 Å². The van der Waals surface area contributed by atoms with Crippen LogP contribution < -0.4 is 19.6 Å². The van der Waals surface area contributed by atoms with E-state index in [1.165, 1.54) is 31.3 Å². The molecule has 36 heavy (non-hydrogen) atoms. The molecule has 4 heterocycles. The number of nitrogens with one attached hydrogen (secondary N) is 2. The van der Waals surface area contributed by atoms with Crippen molar-refractivity contribution in [1.29, 1.82) is 0 Å². The minimum atomic E-state index is -3.98. The van der Waals surface area contributed by atoms with Crippen LogP contribution in [-0.2, 0) is 10.0 Å². The predicted octanol–water partition coefficient (Wildman–Crippen LogP) is 2.06. The molecule has 0 bridgehead atoms. The van der Waals surface area contributed by atoms with Gasteiger partial charge in [-0.05, 0) is 25.1 Å². The molecular formula is C21H26ClN9O4S. The molecule has 1 unspecified atom stereocenters. The fourth-order valence-electron chi connectivity index (χ4n) is 3.67. The van der Waals surface area contributed by atoms with Crippen molar-refractivity contribution in [3.8, 4) is 17.4 Å². The molecule has 0 saturated heterocycles. The van der Waals surface area contributed by atoms with Crippen molar-refractivity contribution in [3.63, 3.8) is 0 Å². The Morgan fingerprint density at radius 3 is 2.36 bits per heavy atom. The van der Waals surface area contributed by atoms with Crippen molar-refractivity contribution in [2.45, 2.75) is 31.1 Å². The average molecular weight is 536 g/mol. The molecule has 1 aliphatic heterocycles. The summed E-state index contributed by atoms with van der Waals surface area (Å²) in [6, 6.07) is 2.94. The molecule has 0 saturated carbocycles. The molecule has 0 amide bonds. The van der Waals surface area contributed by atoms with Crippen LogP contribution in [0.3, 0.4) is 0 Å². The van der Waals surface area contributed by atoms with Crippen molar-refractivity contribution < 1.29 is 17.9 Å². The lowest BCUT2D eigenvalue weighted by Gasteiger charge is -2.22. The first-order valence-corrected chi connectivity index (χ1v) is 12.8. The Balaban J connectivity index is 1.78. The van der Waals surface area contributed by atoms with Gasteiger partial charge in [-0.1, -0.05) is 18.5 Å². The molecule has 1 aliphatic rings. The van der Waals surface area contributed by atoms with E-state index in [9.17, 15) is 8.42 Å². The van der Waals surface area contributed by atoms with Crippen LogP contribution in [0.2, 0.25) is 5.02 Å². The summed E-state index contributed by atoms with van der Waals surface area (Å²) >= 11 is 5.93. The van der Waals surface area contributed by atoms with E-state index in [1.54, 1.807) is 31.0 Å². The minimum absolute atomic E-state index is 0.0794. The number of pyridine rings is 1. The molecular weight excluding hydrogens is 510 g/mol. The molecule has 0 radical (unpaired) electrons. The largest absolute Gasteiger partial charge is 0.479 e. The van der Waals surface area contributed by atoms with Crippen molar-refractivity contribution in [2.75, 3.05) is 26.0 Å². The summed E-state index contributed by atoms with van der Waals surface area (Å²) in [6.07, 6.45) is 6.42. The fourth-order valence-corrected chi connectivity index (χ4v) is 5.03. The number of nitrogens with zero attached hydrogens (tertiary/aromatic N) is 7. The maximum Gasteiger partial charge on any atom is 0.245 e. The number of sulfonamides is 1. The smallest absolute Gasteiger partial charge is 0.245 e. The van der Waals surface area contributed by atoms with Gasteiger partial charge in [-0.3, -0.25) is 14.3 Å². The lowest BCUT2D eigenvalue weighted by molar-refractivity contribution is 0.325. The Morgan fingerprint density at radius 2 is 1.81 bits per heavy atom. The predicted molar refractivity (Wildman–Crippen MR) is 132 cm³/mol. The Labute approximate surface area is 213 Å². The number of anilines is 1. The van der Waals surface area contributed by atoms with Gasteiger partial charge in [0.1, 0.15) is 12.4 Å². The highest BCUT2D eigenvalue weighted by molar-refractivity contribution is 7.93. The van der Waals surface area contributed by atoms with Crippen LogP contribution in [0.4, 0.5) is 5.95 Å². The van der Waals surface area contributed by atoms with E-state index < -0.39 is 27.2 Å². The fraction of sp³-hybridized carbons (Fsp3) is 0.381. The molecule has 3 atom stereocenters. The van der Waals surface area contributed by atoms with E-state index in [-0.39, 0.29) is 23.4 Å². The van der Waals surface area contributed by atoms with Crippen molar-refractivity contribution in [1.82, 2.24) is 40.2 Å². The number of hydrogen-bond acceptors (Lipinski definition) is 11. The van der Waals surface area contributed by atoms with Gasteiger partial charge in [0, 0.05) is 31.1 Å². The third-order valence-electron chi connectivity index (χ3n) is 5.82. The van der Waals surface area contributed by atoms with E-state index >= 15 is 0 Å². The maximum atomic E-state index is 13.5. The minimum Gasteiger partial charge on any atom is -0.479 e. The number of halogens is 1. The second kappa shape index (κ2) is 10.2. The molecule has 2 N–H and O–H groups in total. The summed E-state index contributed by atoms with van der Waals surface area (Å²) in [7, 11) is 0.710. The Kier molecular flexibility index (Phi) is 7.28. The molecule has 0 aromatic carbocycles. The van der Waals surface area contributed by atoms with Crippen LogP contribution in [0.1, 0.15) is 37.3 Å². The zero-order valence-electron chi connectivity index (χ0n) is 20.2. The van der Waals surface area contributed by atoms with Crippen LogP contribution >= 0.6 is 11.6 Å². The van der Waals surface area contributed by atoms with Gasteiger partial charge in [-0.25, -0.2) is 13.8 Å². The number of rotatable bonds is 9. The molecule has 4 rings (SSSR count). The van der Waals surface area contributed by atoms with Crippen molar-refractivity contribution in [2.24, 2.45) is 0 Å². The molecule has 0 spiro atoms. The first kappa shape index (κ1) is 25.6. The van der Waals surface area contributed by atoms with Crippen molar-refractivity contribution in [3.05, 3.63) is 53.5 Å². The molecule has 0 fully saturated rings. The second-order valence-corrected chi connectivity index (χ2v) is 10.5. The molecule has 15 heteroatoms. The lowest BCUT2D eigenvalue weighted by atomic mass is 10.0. The number of hydrazine groups is 1. The molecule has 13 nitrogen and oxygen atoms in total. The van der Waals surface area contributed by atoms with Crippen LogP contribution in [0.15, 0.2) is 36.9 Å². The normalized spacial score (nSPS) is 17.2. The topological polar surface area (TPSA) is 149 Å². The van der Waals surface area contributed by atoms with E-state index in [4.69, 9.17) is 21.1 Å². The first-order chi connectivity index (χ1) is 17.2. The molecule has 192 valence electrons. The zero-order chi connectivity index (χ0) is 26.0. The highest BCUT2D eigenvalue weighted by Gasteiger charge is 2.33. The van der Waals surface area contributed by atoms with Gasteiger partial charge in [0.2, 0.25) is 27.7 Å².